The van der Waals surface area contributed by atoms with Crippen LogP contribution in [0.3, 0.4) is 0 Å². The zero-order valence-electron chi connectivity index (χ0n) is 18.2. The van der Waals surface area contributed by atoms with Crippen LogP contribution in [0.5, 0.6) is 0 Å². The molecule has 4 heteroatoms. The number of carbonyl (C=O) groups is 1. The van der Waals surface area contributed by atoms with Crippen LogP contribution in [0, 0.1) is 39.0 Å². The summed E-state index contributed by atoms with van der Waals surface area (Å²) in [6, 6.07) is 20.2. The summed E-state index contributed by atoms with van der Waals surface area (Å²) >= 11 is 3.51. The van der Waals surface area contributed by atoms with Gasteiger partial charge in [0, 0.05) is 10.2 Å². The van der Waals surface area contributed by atoms with Crippen molar-refractivity contribution in [2.24, 2.45) is 0 Å². The molecule has 0 heterocycles. The van der Waals surface area contributed by atoms with E-state index in [1.54, 1.807) is 6.08 Å². The van der Waals surface area contributed by atoms with Crippen LogP contribution in [0.25, 0.3) is 6.08 Å². The number of halogens is 1. The number of rotatable bonds is 5. The lowest BCUT2D eigenvalue weighted by atomic mass is 9.96. The minimum Gasteiger partial charge on any atom is -0.321 e. The lowest BCUT2D eigenvalue weighted by molar-refractivity contribution is -0.112. The molecular weight excluding hydrogens is 448 g/mol. The number of nitrogens with zero attached hydrogens (tertiary/aromatic N) is 1. The molecule has 0 aliphatic heterocycles. The van der Waals surface area contributed by atoms with Crippen molar-refractivity contribution < 1.29 is 4.79 Å². The number of aryl methyl sites for hydroxylation is 3. The highest BCUT2D eigenvalue weighted by Gasteiger charge is 2.13. The highest BCUT2D eigenvalue weighted by molar-refractivity contribution is 9.10. The third-order valence-electron chi connectivity index (χ3n) is 5.30. The van der Waals surface area contributed by atoms with Crippen LogP contribution >= 0.6 is 15.9 Å². The Morgan fingerprint density at radius 1 is 1.03 bits per heavy atom. The molecule has 3 aromatic carbocycles. The molecule has 0 radical (unpaired) electrons. The molecule has 31 heavy (non-hydrogen) atoms. The third kappa shape index (κ3) is 5.71. The minimum absolute atomic E-state index is 0.0701. The monoisotopic (exact) mass is 472 g/mol. The smallest absolute Gasteiger partial charge is 0.266 e. The summed E-state index contributed by atoms with van der Waals surface area (Å²) in [6.45, 7) is 8.12. The van der Waals surface area contributed by atoms with Crippen LogP contribution in [-0.4, -0.2) is 5.91 Å². The molecule has 0 saturated carbocycles. The van der Waals surface area contributed by atoms with Crippen LogP contribution in [0.4, 0.5) is 5.69 Å². The van der Waals surface area contributed by atoms with Crippen LogP contribution in [0.2, 0.25) is 0 Å². The molecule has 0 unspecified atom stereocenters. The first-order chi connectivity index (χ1) is 14.8. The Labute approximate surface area is 192 Å². The summed E-state index contributed by atoms with van der Waals surface area (Å²) in [5.74, 6) is -0.409. The summed E-state index contributed by atoms with van der Waals surface area (Å²) < 4.78 is 0.898. The van der Waals surface area contributed by atoms with E-state index in [9.17, 15) is 10.1 Å². The predicted octanol–water partition coefficient (Wildman–Crippen LogP) is 6.82. The quantitative estimate of drug-likeness (QED) is 0.327. The summed E-state index contributed by atoms with van der Waals surface area (Å²) in [4.78, 5) is 12.8. The maximum atomic E-state index is 12.8. The Balaban J connectivity index is 1.94. The number of hydrogen-bond donors (Lipinski definition) is 1. The van der Waals surface area contributed by atoms with Crippen molar-refractivity contribution in [3.05, 3.63) is 104 Å². The fourth-order valence-electron chi connectivity index (χ4n) is 3.63. The third-order valence-corrected chi connectivity index (χ3v) is 5.79. The molecule has 1 amide bonds. The number of benzene rings is 3. The maximum Gasteiger partial charge on any atom is 0.266 e. The van der Waals surface area contributed by atoms with Crippen molar-refractivity contribution in [2.75, 3.05) is 5.32 Å². The molecule has 0 atom stereocenters. The molecule has 3 rings (SSSR count). The van der Waals surface area contributed by atoms with Crippen molar-refractivity contribution in [1.29, 1.82) is 5.26 Å². The van der Waals surface area contributed by atoms with Gasteiger partial charge in [-0.2, -0.15) is 5.26 Å². The molecule has 0 bridgehead atoms. The largest absolute Gasteiger partial charge is 0.321 e. The molecule has 1 N–H and O–H groups in total. The molecule has 0 aliphatic rings. The Bertz CT molecular complexity index is 1200. The van der Waals surface area contributed by atoms with E-state index in [1.807, 2.05) is 50.2 Å². The van der Waals surface area contributed by atoms with E-state index >= 15 is 0 Å². The summed E-state index contributed by atoms with van der Waals surface area (Å²) in [5.41, 5.74) is 8.41. The number of nitriles is 1. The molecule has 3 nitrogen and oxygen atoms in total. The van der Waals surface area contributed by atoms with E-state index < -0.39 is 5.91 Å². The molecule has 0 aromatic heterocycles. The van der Waals surface area contributed by atoms with E-state index in [0.29, 0.717) is 0 Å². The molecule has 3 aromatic rings. The standard InChI is InChI=1S/C27H25BrN2O/c1-17-10-18(2)12-21(11-17)13-22-8-9-25(28)15-23(22)14-24(16-29)27(31)30-26-7-5-6-19(3)20(26)4/h5-12,14-15H,13H2,1-4H3,(H,30,31)/b24-14+. The highest BCUT2D eigenvalue weighted by atomic mass is 79.9. The van der Waals surface area contributed by atoms with Crippen molar-refractivity contribution in [3.63, 3.8) is 0 Å². The van der Waals surface area contributed by atoms with Crippen molar-refractivity contribution in [3.8, 4) is 6.07 Å². The molecule has 0 spiro atoms. The van der Waals surface area contributed by atoms with Crippen LogP contribution in [-0.2, 0) is 11.2 Å². The van der Waals surface area contributed by atoms with Gasteiger partial charge in [-0.1, -0.05) is 63.5 Å². The van der Waals surface area contributed by atoms with Gasteiger partial charge in [-0.25, -0.2) is 0 Å². The normalized spacial score (nSPS) is 11.2. The molecular formula is C27H25BrN2O. The first-order valence-electron chi connectivity index (χ1n) is 10.1. The van der Waals surface area contributed by atoms with Gasteiger partial charge in [0.15, 0.2) is 0 Å². The van der Waals surface area contributed by atoms with Gasteiger partial charge in [-0.15, -0.1) is 0 Å². The highest BCUT2D eigenvalue weighted by Crippen LogP contribution is 2.24. The second kappa shape index (κ2) is 9.76. The minimum atomic E-state index is -0.409. The maximum absolute atomic E-state index is 12.8. The Hall–Kier alpha value is -3.16. The molecule has 0 fully saturated rings. The second-order valence-corrected chi connectivity index (χ2v) is 8.80. The van der Waals surface area contributed by atoms with Crippen molar-refractivity contribution in [2.45, 2.75) is 34.1 Å². The summed E-state index contributed by atoms with van der Waals surface area (Å²) in [5, 5.41) is 12.6. The van der Waals surface area contributed by atoms with Gasteiger partial charge in [-0.05, 0) is 86.2 Å². The van der Waals surface area contributed by atoms with Crippen molar-refractivity contribution in [1.82, 2.24) is 0 Å². The molecule has 156 valence electrons. The topological polar surface area (TPSA) is 52.9 Å². The number of nitrogens with one attached hydrogen (secondary N) is 1. The van der Waals surface area contributed by atoms with Crippen LogP contribution in [0.1, 0.15) is 38.9 Å². The zero-order chi connectivity index (χ0) is 22.5. The molecule has 0 saturated heterocycles. The van der Waals surface area contributed by atoms with Gasteiger partial charge in [0.25, 0.3) is 5.91 Å². The number of amides is 1. The van der Waals surface area contributed by atoms with Gasteiger partial charge < -0.3 is 5.32 Å². The van der Waals surface area contributed by atoms with Gasteiger partial charge in [0.05, 0.1) is 0 Å². The summed E-state index contributed by atoms with van der Waals surface area (Å²) in [7, 11) is 0. The average Bonchev–Trinajstić information content (AvgIpc) is 2.70. The van der Waals surface area contributed by atoms with E-state index in [4.69, 9.17) is 0 Å². The SMILES string of the molecule is Cc1cc(C)cc(Cc2ccc(Br)cc2/C=C(\C#N)C(=O)Nc2cccc(C)c2C)c1. The summed E-state index contributed by atoms with van der Waals surface area (Å²) in [6.07, 6.45) is 2.39. The number of carbonyl (C=O) groups excluding carboxylic acids is 1. The lowest BCUT2D eigenvalue weighted by Crippen LogP contribution is -2.14. The first kappa shape index (κ1) is 22.5. The fourth-order valence-corrected chi connectivity index (χ4v) is 4.01. The number of hydrogen-bond acceptors (Lipinski definition) is 2. The first-order valence-corrected chi connectivity index (χ1v) is 10.9. The Morgan fingerprint density at radius 3 is 2.42 bits per heavy atom. The Kier molecular flexibility index (Phi) is 7.09. The van der Waals surface area contributed by atoms with Crippen LogP contribution < -0.4 is 5.32 Å². The van der Waals surface area contributed by atoms with Crippen LogP contribution in [0.15, 0.2) is 64.6 Å². The van der Waals surface area contributed by atoms with E-state index in [2.05, 4.69) is 59.4 Å². The fraction of sp³-hybridized carbons (Fsp3) is 0.185. The predicted molar refractivity (Wildman–Crippen MR) is 131 cm³/mol. The second-order valence-electron chi connectivity index (χ2n) is 7.89. The van der Waals surface area contributed by atoms with Gasteiger partial charge in [0.1, 0.15) is 11.6 Å². The van der Waals surface area contributed by atoms with Gasteiger partial charge in [-0.3, -0.25) is 4.79 Å². The van der Waals surface area contributed by atoms with Gasteiger partial charge >= 0.3 is 0 Å². The van der Waals surface area contributed by atoms with Gasteiger partial charge in [0.2, 0.25) is 0 Å². The van der Waals surface area contributed by atoms with Crippen molar-refractivity contribution >= 4 is 33.6 Å². The zero-order valence-corrected chi connectivity index (χ0v) is 19.8. The number of anilines is 1. The van der Waals surface area contributed by atoms with E-state index in [1.165, 1.54) is 16.7 Å². The Morgan fingerprint density at radius 2 is 1.74 bits per heavy atom. The lowest BCUT2D eigenvalue weighted by Gasteiger charge is -2.11. The van der Waals surface area contributed by atoms with E-state index in [-0.39, 0.29) is 5.57 Å². The average molecular weight is 473 g/mol. The molecule has 0 aliphatic carbocycles. The van der Waals surface area contributed by atoms with E-state index in [0.717, 1.165) is 38.8 Å².